The van der Waals surface area contributed by atoms with Gasteiger partial charge in [-0.05, 0) is 57.9 Å². The van der Waals surface area contributed by atoms with E-state index in [2.05, 4.69) is 61.2 Å². The van der Waals surface area contributed by atoms with Crippen LogP contribution < -0.4 is 0 Å². The van der Waals surface area contributed by atoms with Crippen LogP contribution in [0.3, 0.4) is 0 Å². The van der Waals surface area contributed by atoms with E-state index in [4.69, 9.17) is 0 Å². The van der Waals surface area contributed by atoms with Crippen molar-refractivity contribution in [3.63, 3.8) is 0 Å². The highest BCUT2D eigenvalue weighted by atomic mass is 14.2. The molecule has 0 aromatic heterocycles. The van der Waals surface area contributed by atoms with E-state index < -0.39 is 0 Å². The van der Waals surface area contributed by atoms with Gasteiger partial charge in [-0.15, -0.1) is 6.58 Å². The van der Waals surface area contributed by atoms with Gasteiger partial charge in [-0.1, -0.05) is 54.6 Å². The Morgan fingerprint density at radius 2 is 1.75 bits per heavy atom. The van der Waals surface area contributed by atoms with Gasteiger partial charge in [0, 0.05) is 0 Å². The SMILES string of the molecule is C=CC1CCc2ccc3c(ccc4ccccc43)c2C1. The molecule has 98 valence electrons. The summed E-state index contributed by atoms with van der Waals surface area (Å²) in [5.74, 6) is 0.638. The van der Waals surface area contributed by atoms with Crippen LogP contribution in [0.15, 0.2) is 61.2 Å². The van der Waals surface area contributed by atoms with Crippen LogP contribution in [0.5, 0.6) is 0 Å². The predicted molar refractivity (Wildman–Crippen MR) is 87.2 cm³/mol. The zero-order chi connectivity index (χ0) is 13.5. The molecule has 3 aromatic rings. The van der Waals surface area contributed by atoms with E-state index in [0.29, 0.717) is 5.92 Å². The molecule has 1 unspecified atom stereocenters. The quantitative estimate of drug-likeness (QED) is 0.411. The van der Waals surface area contributed by atoms with Crippen molar-refractivity contribution in [3.05, 3.63) is 72.3 Å². The minimum Gasteiger partial charge on any atom is -0.103 e. The minimum atomic E-state index is 0.638. The Morgan fingerprint density at radius 1 is 0.900 bits per heavy atom. The van der Waals surface area contributed by atoms with Crippen LogP contribution in [-0.4, -0.2) is 0 Å². The smallest absolute Gasteiger partial charge is 0.0102 e. The lowest BCUT2D eigenvalue weighted by Gasteiger charge is -2.24. The molecule has 0 heterocycles. The van der Waals surface area contributed by atoms with Crippen molar-refractivity contribution < 1.29 is 0 Å². The first-order chi connectivity index (χ1) is 9.86. The third-order valence-corrected chi connectivity index (χ3v) is 4.72. The summed E-state index contributed by atoms with van der Waals surface area (Å²) >= 11 is 0. The van der Waals surface area contributed by atoms with Crippen molar-refractivity contribution >= 4 is 21.5 Å². The van der Waals surface area contributed by atoms with E-state index in [9.17, 15) is 0 Å². The Balaban J connectivity index is 2.04. The molecule has 1 atom stereocenters. The van der Waals surface area contributed by atoms with Gasteiger partial charge in [-0.2, -0.15) is 0 Å². The number of hydrogen-bond donors (Lipinski definition) is 0. The van der Waals surface area contributed by atoms with Gasteiger partial charge in [0.25, 0.3) is 0 Å². The van der Waals surface area contributed by atoms with Gasteiger partial charge in [-0.3, -0.25) is 0 Å². The lowest BCUT2D eigenvalue weighted by atomic mass is 9.81. The van der Waals surface area contributed by atoms with E-state index in [1.165, 1.54) is 39.9 Å². The number of benzene rings is 3. The van der Waals surface area contributed by atoms with Crippen molar-refractivity contribution in [2.75, 3.05) is 0 Å². The van der Waals surface area contributed by atoms with Crippen LogP contribution in [0.4, 0.5) is 0 Å². The second-order valence-electron chi connectivity index (χ2n) is 5.82. The standard InChI is InChI=1S/C20H18/c1-2-14-7-8-16-10-11-18-17-6-4-3-5-15(17)9-12-19(18)20(16)13-14/h2-6,9-12,14H,1,7-8,13H2. The average molecular weight is 258 g/mol. The van der Waals surface area contributed by atoms with Crippen molar-refractivity contribution in [2.45, 2.75) is 19.3 Å². The molecule has 0 saturated heterocycles. The van der Waals surface area contributed by atoms with Gasteiger partial charge in [-0.25, -0.2) is 0 Å². The van der Waals surface area contributed by atoms with Crippen molar-refractivity contribution in [1.82, 2.24) is 0 Å². The third kappa shape index (κ3) is 1.68. The fourth-order valence-electron chi connectivity index (χ4n) is 3.58. The Bertz CT molecular complexity index is 811. The number of hydrogen-bond acceptors (Lipinski definition) is 0. The molecule has 0 nitrogen and oxygen atoms in total. The second kappa shape index (κ2) is 4.49. The molecule has 0 fully saturated rings. The van der Waals surface area contributed by atoms with E-state index in [1.807, 2.05) is 0 Å². The van der Waals surface area contributed by atoms with E-state index in [0.717, 1.165) is 6.42 Å². The van der Waals surface area contributed by atoms with Crippen LogP contribution in [0, 0.1) is 5.92 Å². The molecular formula is C20H18. The number of fused-ring (bicyclic) bond motifs is 5. The lowest BCUT2D eigenvalue weighted by molar-refractivity contribution is 0.557. The highest BCUT2D eigenvalue weighted by Crippen LogP contribution is 2.35. The Hall–Kier alpha value is -2.08. The first-order valence-corrected chi connectivity index (χ1v) is 7.41. The largest absolute Gasteiger partial charge is 0.103 e. The van der Waals surface area contributed by atoms with Crippen molar-refractivity contribution in [2.24, 2.45) is 5.92 Å². The van der Waals surface area contributed by atoms with E-state index >= 15 is 0 Å². The summed E-state index contributed by atoms with van der Waals surface area (Å²) in [6, 6.07) is 17.9. The zero-order valence-electron chi connectivity index (χ0n) is 11.6. The fraction of sp³-hybridized carbons (Fsp3) is 0.200. The Kier molecular flexibility index (Phi) is 2.63. The summed E-state index contributed by atoms with van der Waals surface area (Å²) in [6.07, 6.45) is 5.71. The summed E-state index contributed by atoms with van der Waals surface area (Å²) in [7, 11) is 0. The van der Waals surface area contributed by atoms with Crippen LogP contribution in [0.1, 0.15) is 17.5 Å². The predicted octanol–water partition coefficient (Wildman–Crippen LogP) is 5.28. The molecular weight excluding hydrogens is 240 g/mol. The monoisotopic (exact) mass is 258 g/mol. The number of aryl methyl sites for hydroxylation is 1. The minimum absolute atomic E-state index is 0.638. The topological polar surface area (TPSA) is 0 Å². The van der Waals surface area contributed by atoms with Gasteiger partial charge in [0.15, 0.2) is 0 Å². The highest BCUT2D eigenvalue weighted by molar-refractivity contribution is 6.08. The maximum absolute atomic E-state index is 3.99. The summed E-state index contributed by atoms with van der Waals surface area (Å²) in [6.45, 7) is 3.99. The lowest BCUT2D eigenvalue weighted by Crippen LogP contribution is -2.12. The second-order valence-corrected chi connectivity index (χ2v) is 5.82. The van der Waals surface area contributed by atoms with Crippen LogP contribution in [0.2, 0.25) is 0 Å². The van der Waals surface area contributed by atoms with Gasteiger partial charge in [0.2, 0.25) is 0 Å². The zero-order valence-corrected chi connectivity index (χ0v) is 11.6. The molecule has 0 saturated carbocycles. The Morgan fingerprint density at radius 3 is 2.65 bits per heavy atom. The molecule has 4 rings (SSSR count). The molecule has 0 radical (unpaired) electrons. The maximum atomic E-state index is 3.99. The number of rotatable bonds is 1. The van der Waals surface area contributed by atoms with Crippen LogP contribution >= 0.6 is 0 Å². The molecule has 0 heteroatoms. The first-order valence-electron chi connectivity index (χ1n) is 7.41. The molecule has 3 aromatic carbocycles. The molecule has 0 amide bonds. The van der Waals surface area contributed by atoms with Gasteiger partial charge in [0.1, 0.15) is 0 Å². The summed E-state index contributed by atoms with van der Waals surface area (Å²) in [5.41, 5.74) is 3.08. The highest BCUT2D eigenvalue weighted by Gasteiger charge is 2.18. The number of allylic oxidation sites excluding steroid dienone is 1. The molecule has 1 aliphatic rings. The van der Waals surface area contributed by atoms with E-state index in [-0.39, 0.29) is 0 Å². The fourth-order valence-corrected chi connectivity index (χ4v) is 3.58. The van der Waals surface area contributed by atoms with Crippen LogP contribution in [0.25, 0.3) is 21.5 Å². The molecule has 20 heavy (non-hydrogen) atoms. The van der Waals surface area contributed by atoms with Gasteiger partial charge in [0.05, 0.1) is 0 Å². The molecule has 0 N–H and O–H groups in total. The maximum Gasteiger partial charge on any atom is -0.0102 e. The van der Waals surface area contributed by atoms with Crippen molar-refractivity contribution in [3.8, 4) is 0 Å². The Labute approximate surface area is 119 Å². The molecule has 0 aliphatic heterocycles. The third-order valence-electron chi connectivity index (χ3n) is 4.72. The van der Waals surface area contributed by atoms with Crippen LogP contribution in [-0.2, 0) is 12.8 Å². The summed E-state index contributed by atoms with van der Waals surface area (Å²) < 4.78 is 0. The van der Waals surface area contributed by atoms with Gasteiger partial charge < -0.3 is 0 Å². The average Bonchev–Trinajstić information content (AvgIpc) is 2.53. The van der Waals surface area contributed by atoms with Crippen molar-refractivity contribution in [1.29, 1.82) is 0 Å². The summed E-state index contributed by atoms with van der Waals surface area (Å²) in [4.78, 5) is 0. The van der Waals surface area contributed by atoms with Gasteiger partial charge >= 0.3 is 0 Å². The summed E-state index contributed by atoms with van der Waals surface area (Å²) in [5, 5.41) is 5.53. The normalized spacial score (nSPS) is 18.1. The van der Waals surface area contributed by atoms with E-state index in [1.54, 1.807) is 5.56 Å². The molecule has 0 spiro atoms. The first kappa shape index (κ1) is 11.7. The molecule has 0 bridgehead atoms. The molecule has 1 aliphatic carbocycles.